The Kier molecular flexibility index (Phi) is 5.65. The summed E-state index contributed by atoms with van der Waals surface area (Å²) in [6.07, 6.45) is 4.84. The molecule has 0 aromatic heterocycles. The van der Waals surface area contributed by atoms with Gasteiger partial charge >= 0.3 is 5.97 Å². The molecule has 1 aliphatic carbocycles. The maximum Gasteiger partial charge on any atom is 0.330 e. The molecule has 0 radical (unpaired) electrons. The van der Waals surface area contributed by atoms with Gasteiger partial charge in [0.25, 0.3) is 0 Å². The van der Waals surface area contributed by atoms with Crippen LogP contribution in [0.1, 0.15) is 40.0 Å². The quantitative estimate of drug-likeness (QED) is 0.226. The highest BCUT2D eigenvalue weighted by Crippen LogP contribution is 2.47. The van der Waals surface area contributed by atoms with Crippen LogP contribution in [-0.2, 0) is 19.3 Å². The van der Waals surface area contributed by atoms with Crippen molar-refractivity contribution in [1.29, 1.82) is 0 Å². The molecule has 0 aliphatic heterocycles. The fourth-order valence-corrected chi connectivity index (χ4v) is 2.01. The maximum absolute atomic E-state index is 11.4. The van der Waals surface area contributed by atoms with E-state index in [-0.39, 0.29) is 11.4 Å². The lowest BCUT2D eigenvalue weighted by atomic mass is 9.65. The van der Waals surface area contributed by atoms with Crippen molar-refractivity contribution >= 4 is 5.97 Å². The molecule has 1 aliphatic rings. The van der Waals surface area contributed by atoms with Gasteiger partial charge in [-0.15, -0.1) is 0 Å². The Bertz CT molecular complexity index is 279. The van der Waals surface area contributed by atoms with Gasteiger partial charge in [0.15, 0.2) is 0 Å². The standard InChI is InChI=1S/C13H22O4/c1-4-15-12(14)9-11(3)13(7-6-8-13)10-17-16-5-2/h9H,4-8,10H2,1-3H3. The number of ether oxygens (including phenoxy) is 1. The molecule has 4 nitrogen and oxygen atoms in total. The van der Waals surface area contributed by atoms with E-state index < -0.39 is 0 Å². The van der Waals surface area contributed by atoms with Crippen molar-refractivity contribution in [2.45, 2.75) is 40.0 Å². The largest absolute Gasteiger partial charge is 0.463 e. The Balaban J connectivity index is 2.56. The van der Waals surface area contributed by atoms with Crippen molar-refractivity contribution in [2.75, 3.05) is 19.8 Å². The minimum Gasteiger partial charge on any atom is -0.463 e. The molecule has 0 heterocycles. The highest BCUT2D eigenvalue weighted by atomic mass is 17.2. The van der Waals surface area contributed by atoms with Crippen LogP contribution < -0.4 is 0 Å². The Hall–Kier alpha value is -0.870. The molecule has 4 heteroatoms. The number of esters is 1. The number of carbonyl (C=O) groups excluding carboxylic acids is 1. The van der Waals surface area contributed by atoms with Gasteiger partial charge in [-0.3, -0.25) is 0 Å². The van der Waals surface area contributed by atoms with Gasteiger partial charge in [-0.1, -0.05) is 12.0 Å². The summed E-state index contributed by atoms with van der Waals surface area (Å²) in [5.74, 6) is -0.271. The molecular weight excluding hydrogens is 220 g/mol. The van der Waals surface area contributed by atoms with E-state index in [4.69, 9.17) is 14.5 Å². The first-order valence-corrected chi connectivity index (χ1v) is 6.24. The number of rotatable bonds is 7. The highest BCUT2D eigenvalue weighted by Gasteiger charge is 2.39. The smallest absolute Gasteiger partial charge is 0.330 e. The van der Waals surface area contributed by atoms with Crippen LogP contribution in [0.2, 0.25) is 0 Å². The Morgan fingerprint density at radius 2 is 1.94 bits per heavy atom. The van der Waals surface area contributed by atoms with E-state index in [0.717, 1.165) is 18.4 Å². The zero-order chi connectivity index (χ0) is 12.7. The maximum atomic E-state index is 11.4. The van der Waals surface area contributed by atoms with Gasteiger partial charge in [-0.2, -0.15) is 0 Å². The monoisotopic (exact) mass is 242 g/mol. The van der Waals surface area contributed by atoms with Crippen molar-refractivity contribution in [3.63, 3.8) is 0 Å². The Labute approximate surface area is 103 Å². The molecule has 1 fully saturated rings. The van der Waals surface area contributed by atoms with Crippen LogP contribution in [-0.4, -0.2) is 25.8 Å². The molecule has 98 valence electrons. The van der Waals surface area contributed by atoms with E-state index in [9.17, 15) is 4.79 Å². The third kappa shape index (κ3) is 3.82. The molecule has 1 saturated carbocycles. The van der Waals surface area contributed by atoms with Gasteiger partial charge in [-0.25, -0.2) is 14.6 Å². The summed E-state index contributed by atoms with van der Waals surface area (Å²) in [5, 5.41) is 0. The van der Waals surface area contributed by atoms with Crippen molar-refractivity contribution < 1.29 is 19.3 Å². The van der Waals surface area contributed by atoms with Crippen LogP contribution in [0.5, 0.6) is 0 Å². The van der Waals surface area contributed by atoms with Crippen LogP contribution in [0.15, 0.2) is 11.6 Å². The average Bonchev–Trinajstić information content (AvgIpc) is 2.22. The second-order valence-electron chi connectivity index (χ2n) is 4.38. The molecule has 0 spiro atoms. The number of hydrogen-bond acceptors (Lipinski definition) is 4. The van der Waals surface area contributed by atoms with E-state index >= 15 is 0 Å². The van der Waals surface area contributed by atoms with Crippen LogP contribution in [0.4, 0.5) is 0 Å². The zero-order valence-corrected chi connectivity index (χ0v) is 11.0. The molecule has 0 atom stereocenters. The van der Waals surface area contributed by atoms with Crippen molar-refractivity contribution in [3.8, 4) is 0 Å². The molecular formula is C13H22O4. The third-order valence-corrected chi connectivity index (χ3v) is 3.30. The van der Waals surface area contributed by atoms with Crippen LogP contribution >= 0.6 is 0 Å². The number of hydrogen-bond donors (Lipinski definition) is 0. The Morgan fingerprint density at radius 3 is 2.41 bits per heavy atom. The molecule has 0 saturated heterocycles. The lowest BCUT2D eigenvalue weighted by Gasteiger charge is -2.42. The fraction of sp³-hybridized carbons (Fsp3) is 0.769. The summed E-state index contributed by atoms with van der Waals surface area (Å²) in [6.45, 7) is 7.11. The first-order valence-electron chi connectivity index (χ1n) is 6.24. The van der Waals surface area contributed by atoms with E-state index in [2.05, 4.69) is 0 Å². The molecule has 0 bridgehead atoms. The topological polar surface area (TPSA) is 44.8 Å². The first-order chi connectivity index (χ1) is 8.14. The summed E-state index contributed by atoms with van der Waals surface area (Å²) in [7, 11) is 0. The van der Waals surface area contributed by atoms with Gasteiger partial charge < -0.3 is 4.74 Å². The lowest BCUT2D eigenvalue weighted by Crippen LogP contribution is -2.36. The lowest BCUT2D eigenvalue weighted by molar-refractivity contribution is -0.308. The molecule has 0 N–H and O–H groups in total. The van der Waals surface area contributed by atoms with E-state index in [1.807, 2.05) is 13.8 Å². The second kappa shape index (κ2) is 6.77. The summed E-state index contributed by atoms with van der Waals surface area (Å²) in [6, 6.07) is 0. The summed E-state index contributed by atoms with van der Waals surface area (Å²) in [4.78, 5) is 21.5. The Morgan fingerprint density at radius 1 is 1.24 bits per heavy atom. The van der Waals surface area contributed by atoms with Gasteiger partial charge in [0.1, 0.15) is 0 Å². The number of carbonyl (C=O) groups is 1. The predicted molar refractivity (Wildman–Crippen MR) is 64.3 cm³/mol. The summed E-state index contributed by atoms with van der Waals surface area (Å²) >= 11 is 0. The third-order valence-electron chi connectivity index (χ3n) is 3.30. The minimum atomic E-state index is -0.271. The SMILES string of the molecule is CCOOCC1(C(C)=CC(=O)OCC)CCC1. The average molecular weight is 242 g/mol. The van der Waals surface area contributed by atoms with Gasteiger partial charge in [0.2, 0.25) is 0 Å². The molecule has 0 unspecified atom stereocenters. The molecule has 17 heavy (non-hydrogen) atoms. The second-order valence-corrected chi connectivity index (χ2v) is 4.38. The van der Waals surface area contributed by atoms with Crippen molar-refractivity contribution in [3.05, 3.63) is 11.6 Å². The molecule has 1 rings (SSSR count). The van der Waals surface area contributed by atoms with E-state index in [1.54, 1.807) is 13.0 Å². The van der Waals surface area contributed by atoms with Crippen LogP contribution in [0.3, 0.4) is 0 Å². The van der Waals surface area contributed by atoms with Crippen molar-refractivity contribution in [1.82, 2.24) is 0 Å². The molecule has 0 aromatic carbocycles. The zero-order valence-electron chi connectivity index (χ0n) is 11.0. The van der Waals surface area contributed by atoms with Crippen LogP contribution in [0.25, 0.3) is 0 Å². The van der Waals surface area contributed by atoms with Gasteiger partial charge in [-0.05, 0) is 33.6 Å². The molecule has 0 amide bonds. The van der Waals surface area contributed by atoms with E-state index in [0.29, 0.717) is 19.8 Å². The predicted octanol–water partition coefficient (Wildman–Crippen LogP) is 2.63. The molecule has 0 aromatic rings. The normalized spacial score (nSPS) is 18.6. The van der Waals surface area contributed by atoms with Crippen molar-refractivity contribution in [2.24, 2.45) is 5.41 Å². The minimum absolute atomic E-state index is 0.0259. The fourth-order valence-electron chi connectivity index (χ4n) is 2.01. The summed E-state index contributed by atoms with van der Waals surface area (Å²) < 4.78 is 4.91. The van der Waals surface area contributed by atoms with Gasteiger partial charge in [0.05, 0.1) is 19.8 Å². The van der Waals surface area contributed by atoms with Crippen LogP contribution in [0, 0.1) is 5.41 Å². The van der Waals surface area contributed by atoms with Gasteiger partial charge in [0, 0.05) is 11.5 Å². The highest BCUT2D eigenvalue weighted by molar-refractivity contribution is 5.83. The first kappa shape index (κ1) is 14.2. The summed E-state index contributed by atoms with van der Waals surface area (Å²) in [5.41, 5.74) is 1.00. The van der Waals surface area contributed by atoms with E-state index in [1.165, 1.54) is 6.42 Å².